The smallest absolute Gasteiger partial charge is 0.263 e. The number of benzene rings is 4. The Labute approximate surface area is 216 Å². The van der Waals surface area contributed by atoms with E-state index in [1.165, 1.54) is 31.1 Å². The van der Waals surface area contributed by atoms with Gasteiger partial charge < -0.3 is 10.0 Å². The number of hydrogen-bond donors (Lipinski definition) is 1. The third-order valence-electron chi connectivity index (χ3n) is 7.05. The first-order valence-corrected chi connectivity index (χ1v) is 13.3. The molecule has 1 N–H and O–H groups in total. The maximum atomic E-state index is 13.1. The normalized spacial score (nSPS) is 17.7. The molecule has 4 aromatic carbocycles. The van der Waals surface area contributed by atoms with Gasteiger partial charge in [0.15, 0.2) is 0 Å². The van der Waals surface area contributed by atoms with Gasteiger partial charge in [-0.1, -0.05) is 77.7 Å². The molecule has 2 aliphatic rings. The predicted octanol–water partition coefficient (Wildman–Crippen LogP) is 6.89. The van der Waals surface area contributed by atoms with Crippen LogP contribution in [0.15, 0.2) is 106 Å². The summed E-state index contributed by atoms with van der Waals surface area (Å²) in [6.45, 7) is 0. The minimum atomic E-state index is -0.128. The third kappa shape index (κ3) is 3.01. The average molecular weight is 506 g/mol. The summed E-state index contributed by atoms with van der Waals surface area (Å²) in [4.78, 5) is 16.4. The summed E-state index contributed by atoms with van der Waals surface area (Å²) in [5, 5.41) is 17.5. The zero-order valence-corrected chi connectivity index (χ0v) is 21.3. The number of hydrogen-bond acceptors (Lipinski definition) is 5. The first-order chi connectivity index (χ1) is 17.5. The molecule has 0 radical (unpaired) electrons. The average Bonchev–Trinajstić information content (AvgIpc) is 3.41. The van der Waals surface area contributed by atoms with Crippen LogP contribution in [0.2, 0.25) is 0 Å². The summed E-state index contributed by atoms with van der Waals surface area (Å²) in [7, 11) is 4.00. The van der Waals surface area contributed by atoms with Crippen molar-refractivity contribution in [2.24, 2.45) is 7.05 Å². The van der Waals surface area contributed by atoms with Gasteiger partial charge in [0.05, 0.1) is 21.9 Å². The first-order valence-electron chi connectivity index (χ1n) is 11.7. The fourth-order valence-corrected chi connectivity index (χ4v) is 7.45. The molecule has 174 valence electrons. The number of anilines is 1. The molecule has 1 aliphatic carbocycles. The van der Waals surface area contributed by atoms with Gasteiger partial charge in [-0.05, 0) is 34.4 Å². The number of aromatic nitrogens is 1. The summed E-state index contributed by atoms with van der Waals surface area (Å²) in [5.74, 6) is -0.0678. The van der Waals surface area contributed by atoms with Crippen LogP contribution in [-0.4, -0.2) is 17.9 Å². The number of carbonyl (C=O) groups excluding carboxylic acids is 1. The number of aliphatic hydroxyl groups is 1. The number of thiazole rings is 1. The number of carbonyl (C=O) groups is 1. The van der Waals surface area contributed by atoms with Gasteiger partial charge in [-0.25, -0.2) is 0 Å². The molecular formula is C30H21N2O2S2+. The van der Waals surface area contributed by atoms with Crippen molar-refractivity contribution in [3.05, 3.63) is 106 Å². The number of aliphatic hydroxyl groups excluding tert-OH is 1. The number of nitrogens with zero attached hydrogens (tertiary/aromatic N) is 2. The number of thioether (sulfide) groups is 1. The van der Waals surface area contributed by atoms with Crippen LogP contribution in [0.1, 0.15) is 5.01 Å². The van der Waals surface area contributed by atoms with E-state index in [0.717, 1.165) is 21.2 Å². The molecule has 0 fully saturated rings. The lowest BCUT2D eigenvalue weighted by molar-refractivity contribution is -0.642. The van der Waals surface area contributed by atoms with Crippen LogP contribution in [0.5, 0.6) is 0 Å². The highest BCUT2D eigenvalue weighted by Gasteiger charge is 2.35. The van der Waals surface area contributed by atoms with Crippen molar-refractivity contribution in [3.63, 3.8) is 0 Å². The number of allylic oxidation sites excluding steroid dienone is 3. The topological polar surface area (TPSA) is 44.4 Å². The Kier molecular flexibility index (Phi) is 4.65. The second-order valence-corrected chi connectivity index (χ2v) is 11.1. The molecule has 4 nitrogen and oxygen atoms in total. The first kappa shape index (κ1) is 21.4. The largest absolute Gasteiger partial charge is 0.506 e. The number of ketones is 1. The lowest BCUT2D eigenvalue weighted by atomic mass is 9.88. The maximum Gasteiger partial charge on any atom is 0.263 e. The van der Waals surface area contributed by atoms with Crippen molar-refractivity contribution in [2.75, 3.05) is 11.9 Å². The van der Waals surface area contributed by atoms with Crippen LogP contribution in [-0.2, 0) is 11.8 Å². The Morgan fingerprint density at radius 3 is 2.36 bits per heavy atom. The quantitative estimate of drug-likeness (QED) is 0.210. The van der Waals surface area contributed by atoms with Gasteiger partial charge in [-0.15, -0.1) is 0 Å². The predicted molar refractivity (Wildman–Crippen MR) is 149 cm³/mol. The van der Waals surface area contributed by atoms with Crippen molar-refractivity contribution in [2.45, 2.75) is 4.90 Å². The summed E-state index contributed by atoms with van der Waals surface area (Å²) >= 11 is 3.27. The molecule has 0 spiro atoms. The Bertz CT molecular complexity index is 1880. The number of fused-ring (bicyclic) bond motifs is 6. The van der Waals surface area contributed by atoms with Gasteiger partial charge in [0, 0.05) is 29.5 Å². The van der Waals surface area contributed by atoms with Crippen molar-refractivity contribution >= 4 is 72.4 Å². The van der Waals surface area contributed by atoms with E-state index in [0.29, 0.717) is 11.1 Å². The van der Waals surface area contributed by atoms with Gasteiger partial charge in [0.1, 0.15) is 17.5 Å². The van der Waals surface area contributed by atoms with Gasteiger partial charge in [0.2, 0.25) is 11.3 Å². The lowest BCUT2D eigenvalue weighted by Crippen LogP contribution is -2.30. The van der Waals surface area contributed by atoms with Crippen LogP contribution < -0.4 is 9.47 Å². The van der Waals surface area contributed by atoms with Gasteiger partial charge in [0.25, 0.3) is 5.01 Å². The van der Waals surface area contributed by atoms with Crippen LogP contribution >= 0.6 is 23.1 Å². The molecule has 0 saturated heterocycles. The van der Waals surface area contributed by atoms with E-state index < -0.39 is 0 Å². The van der Waals surface area contributed by atoms with Crippen molar-refractivity contribution in [3.8, 4) is 0 Å². The molecule has 0 saturated carbocycles. The molecule has 2 heterocycles. The van der Waals surface area contributed by atoms with Crippen molar-refractivity contribution < 1.29 is 14.5 Å². The van der Waals surface area contributed by atoms with E-state index in [-0.39, 0.29) is 11.5 Å². The Hall–Kier alpha value is -3.87. The fourth-order valence-electron chi connectivity index (χ4n) is 5.00. The minimum Gasteiger partial charge on any atom is -0.506 e. The second-order valence-electron chi connectivity index (χ2n) is 9.06. The molecular weight excluding hydrogens is 484 g/mol. The van der Waals surface area contributed by atoms with E-state index in [9.17, 15) is 9.90 Å². The molecule has 7 rings (SSSR count). The summed E-state index contributed by atoms with van der Waals surface area (Å²) in [6, 6.07) is 25.1. The highest BCUT2D eigenvalue weighted by Crippen LogP contribution is 2.49. The molecule has 1 aliphatic heterocycles. The maximum absolute atomic E-state index is 13.1. The zero-order chi connectivity index (χ0) is 24.6. The van der Waals surface area contributed by atoms with Crippen LogP contribution in [0.3, 0.4) is 0 Å². The molecule has 5 aromatic rings. The van der Waals surface area contributed by atoms with Crippen LogP contribution in [0.25, 0.3) is 37.8 Å². The van der Waals surface area contributed by atoms with Gasteiger partial charge >= 0.3 is 0 Å². The fraction of sp³-hybridized carbons (Fsp3) is 0.0667. The highest BCUT2D eigenvalue weighted by atomic mass is 32.2. The molecule has 0 bridgehead atoms. The van der Waals surface area contributed by atoms with E-state index >= 15 is 0 Å². The third-order valence-corrected chi connectivity index (χ3v) is 9.52. The number of aryl methyl sites for hydroxylation is 1. The summed E-state index contributed by atoms with van der Waals surface area (Å²) in [5.41, 5.74) is 2.94. The second kappa shape index (κ2) is 7.82. The van der Waals surface area contributed by atoms with E-state index in [4.69, 9.17) is 0 Å². The summed E-state index contributed by atoms with van der Waals surface area (Å²) < 4.78 is 3.26. The standard InChI is InChI=1S/C30H20N2O2S2/c1-31-23-13-11-17-7-3-5-9-19(17)29(23)35-25(31)15-21-27(33)22(28(21)34)16-26-32(2)24-14-12-18-8-4-6-10-20(18)30(24)36-26/h3-16H,1-2H3/p+1. The minimum absolute atomic E-state index is 0.0598. The number of Topliss-reactive ketones (excluding diaryl/α,β-unsaturated/α-hetero) is 1. The Balaban J connectivity index is 1.26. The molecule has 6 heteroatoms. The van der Waals surface area contributed by atoms with Crippen LogP contribution in [0, 0.1) is 0 Å². The van der Waals surface area contributed by atoms with Gasteiger partial charge in [-0.3, -0.25) is 4.79 Å². The number of rotatable bonds is 2. The highest BCUT2D eigenvalue weighted by molar-refractivity contribution is 8.04. The Morgan fingerprint density at radius 1 is 0.889 bits per heavy atom. The Morgan fingerprint density at radius 2 is 1.58 bits per heavy atom. The van der Waals surface area contributed by atoms with E-state index in [2.05, 4.69) is 58.0 Å². The summed E-state index contributed by atoms with van der Waals surface area (Å²) in [6.07, 6.45) is 3.62. The van der Waals surface area contributed by atoms with Crippen molar-refractivity contribution in [1.29, 1.82) is 0 Å². The van der Waals surface area contributed by atoms with Gasteiger partial charge in [-0.2, -0.15) is 4.57 Å². The monoisotopic (exact) mass is 505 g/mol. The molecule has 36 heavy (non-hydrogen) atoms. The van der Waals surface area contributed by atoms with Crippen LogP contribution in [0.4, 0.5) is 5.69 Å². The molecule has 0 atom stereocenters. The SMILES string of the molecule is CN1C(=CC2=C(O)C(=Cc3sc4c5ccccc5ccc4[n+]3C)C2=O)Sc2c1ccc1ccccc21. The van der Waals surface area contributed by atoms with E-state index in [1.54, 1.807) is 23.1 Å². The zero-order valence-electron chi connectivity index (χ0n) is 19.6. The lowest BCUT2D eigenvalue weighted by Gasteiger charge is -2.20. The molecule has 1 aromatic heterocycles. The molecule has 0 unspecified atom stereocenters. The van der Waals surface area contributed by atoms with E-state index in [1.807, 2.05) is 50.5 Å². The van der Waals surface area contributed by atoms with Crippen molar-refractivity contribution in [1.82, 2.24) is 0 Å². The molecule has 0 amide bonds.